The van der Waals surface area contributed by atoms with Crippen LogP contribution in [0, 0.1) is 11.8 Å². The molecule has 2 rings (SSSR count). The summed E-state index contributed by atoms with van der Waals surface area (Å²) >= 11 is 0. The van der Waals surface area contributed by atoms with Crippen LogP contribution >= 0.6 is 0 Å². The number of rotatable bonds is 9. The predicted molar refractivity (Wildman–Crippen MR) is 101 cm³/mol. The van der Waals surface area contributed by atoms with E-state index in [0.29, 0.717) is 10.8 Å². The maximum Gasteiger partial charge on any atom is 0.305 e. The summed E-state index contributed by atoms with van der Waals surface area (Å²) in [5.41, 5.74) is 1.62. The van der Waals surface area contributed by atoms with Crippen molar-refractivity contribution >= 4 is 18.1 Å². The summed E-state index contributed by atoms with van der Waals surface area (Å²) in [5, 5.41) is 3.98. The Morgan fingerprint density at radius 3 is 2.52 bits per heavy atom. The molecule has 5 heteroatoms. The van der Waals surface area contributed by atoms with Crippen molar-refractivity contribution in [2.75, 3.05) is 0 Å². The van der Waals surface area contributed by atoms with Gasteiger partial charge >= 0.3 is 5.91 Å². The summed E-state index contributed by atoms with van der Waals surface area (Å²) in [4.78, 5) is 35.0. The molecule has 0 atom stereocenters. The monoisotopic (exact) mass is 344 g/mol. The zero-order valence-corrected chi connectivity index (χ0v) is 15.3. The van der Waals surface area contributed by atoms with Gasteiger partial charge in [-0.25, -0.2) is 0 Å². The molecule has 25 heavy (non-hydrogen) atoms. The van der Waals surface area contributed by atoms with Gasteiger partial charge in [-0.3, -0.25) is 9.59 Å². The summed E-state index contributed by atoms with van der Waals surface area (Å²) in [5.74, 6) is -0.701. The standard InChI is InChI=1S/C20H28N2O3/c1-3-4-5-6-7-8-12-17-15(2)20(24)16-11-9-10-13-18(16)22(17)14-19(23)21-25/h11,13H,3-10,12,14H2,1-2H3. The van der Waals surface area contributed by atoms with Crippen molar-refractivity contribution in [1.29, 1.82) is 0 Å². The fourth-order valence-electron chi connectivity index (χ4n) is 3.55. The minimum atomic E-state index is -0.701. The van der Waals surface area contributed by atoms with Gasteiger partial charge in [0.25, 0.3) is 0 Å². The summed E-state index contributed by atoms with van der Waals surface area (Å²) in [7, 11) is 0. The van der Waals surface area contributed by atoms with Gasteiger partial charge in [0.15, 0.2) is 5.43 Å². The summed E-state index contributed by atoms with van der Waals surface area (Å²) in [6, 6.07) is 0. The minimum Gasteiger partial charge on any atom is -0.335 e. The van der Waals surface area contributed by atoms with E-state index in [4.69, 9.17) is 0 Å². The van der Waals surface area contributed by atoms with E-state index in [9.17, 15) is 14.5 Å². The molecule has 0 aromatic carbocycles. The van der Waals surface area contributed by atoms with Crippen LogP contribution in [0.3, 0.4) is 0 Å². The molecule has 0 N–H and O–H groups in total. The highest BCUT2D eigenvalue weighted by atomic mass is 16.3. The molecular formula is C20H28N2O3. The van der Waals surface area contributed by atoms with Crippen LogP contribution in [0.25, 0.3) is 12.2 Å². The summed E-state index contributed by atoms with van der Waals surface area (Å²) in [6.07, 6.45) is 13.4. The molecule has 1 aromatic heterocycles. The number of nitroso groups, excluding NO2 is 1. The second-order valence-corrected chi connectivity index (χ2v) is 6.77. The SMILES string of the molecule is CCCCCCCCc1c(C)c(=O)c2c(n1CC(=O)N=O)=CCCC=2. The maximum atomic E-state index is 12.7. The van der Waals surface area contributed by atoms with Crippen LogP contribution in [-0.4, -0.2) is 10.5 Å². The Balaban J connectivity index is 2.34. The van der Waals surface area contributed by atoms with Crippen LogP contribution in [-0.2, 0) is 17.8 Å². The highest BCUT2D eigenvalue weighted by Gasteiger charge is 2.15. The lowest BCUT2D eigenvalue weighted by Gasteiger charge is -2.18. The Labute approximate surface area is 148 Å². The molecule has 0 saturated carbocycles. The Morgan fingerprint density at radius 2 is 1.80 bits per heavy atom. The van der Waals surface area contributed by atoms with Crippen LogP contribution in [0.1, 0.15) is 69.5 Å². The van der Waals surface area contributed by atoms with Crippen molar-refractivity contribution in [3.8, 4) is 0 Å². The molecule has 1 heterocycles. The lowest BCUT2D eigenvalue weighted by Crippen LogP contribution is -2.49. The van der Waals surface area contributed by atoms with Gasteiger partial charge in [-0.1, -0.05) is 51.2 Å². The molecule has 0 spiro atoms. The van der Waals surface area contributed by atoms with E-state index in [1.54, 1.807) is 0 Å². The first-order valence-electron chi connectivity index (χ1n) is 9.39. The fraction of sp³-hybridized carbons (Fsp3) is 0.600. The number of fused-ring (bicyclic) bond motifs is 1. The molecule has 0 bridgehead atoms. The lowest BCUT2D eigenvalue weighted by molar-refractivity contribution is -0.118. The third-order valence-corrected chi connectivity index (χ3v) is 4.93. The van der Waals surface area contributed by atoms with E-state index < -0.39 is 5.91 Å². The molecule has 136 valence electrons. The number of hydrogen-bond acceptors (Lipinski definition) is 3. The molecule has 0 radical (unpaired) electrons. The number of unbranched alkanes of at least 4 members (excludes halogenated alkanes) is 5. The zero-order valence-electron chi connectivity index (χ0n) is 15.3. The van der Waals surface area contributed by atoms with Crippen LogP contribution in [0.15, 0.2) is 9.97 Å². The first-order valence-corrected chi connectivity index (χ1v) is 9.39. The largest absolute Gasteiger partial charge is 0.335 e. The maximum absolute atomic E-state index is 12.7. The Morgan fingerprint density at radius 1 is 1.12 bits per heavy atom. The average Bonchev–Trinajstić information content (AvgIpc) is 2.64. The third-order valence-electron chi connectivity index (χ3n) is 4.93. The number of carbonyl (C=O) groups is 1. The highest BCUT2D eigenvalue weighted by Crippen LogP contribution is 2.11. The number of aromatic nitrogens is 1. The highest BCUT2D eigenvalue weighted by molar-refractivity contribution is 5.76. The van der Waals surface area contributed by atoms with E-state index in [2.05, 4.69) is 12.1 Å². The molecule has 1 aliphatic rings. The molecular weight excluding hydrogens is 316 g/mol. The first kappa shape index (κ1) is 19.3. The summed E-state index contributed by atoms with van der Waals surface area (Å²) < 4.78 is 1.84. The second-order valence-electron chi connectivity index (χ2n) is 6.77. The Hall–Kier alpha value is -2.04. The molecule has 1 aliphatic carbocycles. The van der Waals surface area contributed by atoms with Crippen molar-refractivity contribution in [2.45, 2.75) is 78.2 Å². The summed E-state index contributed by atoms with van der Waals surface area (Å²) in [6.45, 7) is 3.94. The van der Waals surface area contributed by atoms with Gasteiger partial charge in [-0.2, -0.15) is 0 Å². The molecule has 0 aliphatic heterocycles. The van der Waals surface area contributed by atoms with Crippen LogP contribution < -0.4 is 16.0 Å². The quantitative estimate of drug-likeness (QED) is 0.511. The van der Waals surface area contributed by atoms with Gasteiger partial charge in [-0.05, 0) is 32.6 Å². The third kappa shape index (κ3) is 4.74. The van der Waals surface area contributed by atoms with E-state index in [0.717, 1.165) is 43.1 Å². The van der Waals surface area contributed by atoms with E-state index in [1.807, 2.05) is 23.6 Å². The van der Waals surface area contributed by atoms with Crippen LogP contribution in [0.5, 0.6) is 0 Å². The van der Waals surface area contributed by atoms with Crippen LogP contribution in [0.2, 0.25) is 0 Å². The molecule has 0 saturated heterocycles. The van der Waals surface area contributed by atoms with Gasteiger partial charge in [0.1, 0.15) is 6.54 Å². The zero-order chi connectivity index (χ0) is 18.2. The molecule has 5 nitrogen and oxygen atoms in total. The average molecular weight is 344 g/mol. The van der Waals surface area contributed by atoms with Crippen molar-refractivity contribution in [1.82, 2.24) is 4.57 Å². The second kappa shape index (κ2) is 9.44. The Bertz CT molecular complexity index is 806. The number of carbonyl (C=O) groups excluding carboxylic acids is 1. The van der Waals surface area contributed by atoms with Crippen molar-refractivity contribution < 1.29 is 4.79 Å². The van der Waals surface area contributed by atoms with Crippen LogP contribution in [0.4, 0.5) is 0 Å². The molecule has 1 aromatic rings. The number of pyridine rings is 1. The molecule has 0 fully saturated rings. The minimum absolute atomic E-state index is 0.0506. The van der Waals surface area contributed by atoms with Gasteiger partial charge in [0, 0.05) is 27.0 Å². The van der Waals surface area contributed by atoms with Crippen molar-refractivity contribution in [3.05, 3.63) is 37.0 Å². The Kier molecular flexibility index (Phi) is 7.29. The number of amides is 1. The van der Waals surface area contributed by atoms with Gasteiger partial charge in [0.2, 0.25) is 0 Å². The first-order chi connectivity index (χ1) is 12.1. The topological polar surface area (TPSA) is 68.5 Å². The van der Waals surface area contributed by atoms with Gasteiger partial charge < -0.3 is 4.57 Å². The number of nitrogens with zero attached hydrogens (tertiary/aromatic N) is 2. The lowest BCUT2D eigenvalue weighted by atomic mass is 10.0. The smallest absolute Gasteiger partial charge is 0.305 e. The molecule has 1 amide bonds. The van der Waals surface area contributed by atoms with E-state index in [-0.39, 0.29) is 12.0 Å². The van der Waals surface area contributed by atoms with E-state index in [1.165, 1.54) is 25.7 Å². The van der Waals surface area contributed by atoms with Crippen molar-refractivity contribution in [2.24, 2.45) is 5.18 Å². The number of hydrogen-bond donors (Lipinski definition) is 0. The molecule has 0 unspecified atom stereocenters. The van der Waals surface area contributed by atoms with E-state index >= 15 is 0 Å². The van der Waals surface area contributed by atoms with Crippen molar-refractivity contribution in [3.63, 3.8) is 0 Å². The van der Waals surface area contributed by atoms with Gasteiger partial charge in [0.05, 0.1) is 0 Å². The fourth-order valence-corrected chi connectivity index (χ4v) is 3.55. The van der Waals surface area contributed by atoms with Gasteiger partial charge in [-0.15, -0.1) is 4.91 Å². The normalized spacial score (nSPS) is 12.9. The predicted octanol–water partition coefficient (Wildman–Crippen LogP) is 2.71.